The van der Waals surface area contributed by atoms with Gasteiger partial charge in [-0.05, 0) is 47.0 Å². The molecule has 0 aromatic heterocycles. The van der Waals surface area contributed by atoms with Crippen LogP contribution in [0.1, 0.15) is 42.5 Å². The molecule has 0 saturated heterocycles. The summed E-state index contributed by atoms with van der Waals surface area (Å²) in [6, 6.07) is 6.58. The van der Waals surface area contributed by atoms with E-state index in [1.54, 1.807) is 13.1 Å². The molecule has 5 heteroatoms. The van der Waals surface area contributed by atoms with Crippen molar-refractivity contribution >= 4 is 21.8 Å². The lowest BCUT2D eigenvalue weighted by Crippen LogP contribution is -2.49. The molecule has 2 rings (SSSR count). The van der Waals surface area contributed by atoms with Crippen molar-refractivity contribution in [1.82, 2.24) is 4.90 Å². The number of rotatable bonds is 2. The number of nitriles is 1. The van der Waals surface area contributed by atoms with Crippen LogP contribution in [0, 0.1) is 17.1 Å². The largest absolute Gasteiger partial charge is 0.323 e. The molecule has 0 unspecified atom stereocenters. The molecule has 1 amide bonds. The minimum absolute atomic E-state index is 0.272. The average molecular weight is 339 g/mol. The first-order valence-corrected chi connectivity index (χ1v) is 7.44. The summed E-state index contributed by atoms with van der Waals surface area (Å²) in [4.78, 5) is 13.9. The molecule has 1 aliphatic rings. The van der Waals surface area contributed by atoms with Crippen LogP contribution in [0.3, 0.4) is 0 Å². The number of hydrogen-bond donors (Lipinski definition) is 0. The Morgan fingerprint density at radius 2 is 2.05 bits per heavy atom. The number of carbonyl (C=O) groups excluding carboxylic acids is 1. The van der Waals surface area contributed by atoms with Crippen LogP contribution in [-0.2, 0) is 0 Å². The first-order chi connectivity index (χ1) is 9.50. The lowest BCUT2D eigenvalue weighted by molar-refractivity contribution is 0.0588. The number of nitrogens with zero attached hydrogens (tertiary/aromatic N) is 2. The van der Waals surface area contributed by atoms with Crippen LogP contribution in [-0.4, -0.2) is 23.4 Å². The summed E-state index contributed by atoms with van der Waals surface area (Å²) in [6.07, 6.45) is 4.35. The summed E-state index contributed by atoms with van der Waals surface area (Å²) >= 11 is 3.06. The van der Waals surface area contributed by atoms with Gasteiger partial charge in [-0.3, -0.25) is 4.79 Å². The maximum Gasteiger partial charge on any atom is 0.254 e. The van der Waals surface area contributed by atoms with Gasteiger partial charge in [-0.1, -0.05) is 19.3 Å². The summed E-state index contributed by atoms with van der Waals surface area (Å²) < 4.78 is 13.9. The summed E-state index contributed by atoms with van der Waals surface area (Å²) in [5.41, 5.74) is -0.479. The third-order valence-electron chi connectivity index (χ3n) is 4.00. The molecule has 1 aliphatic carbocycles. The Labute approximate surface area is 126 Å². The minimum atomic E-state index is -0.751. The van der Waals surface area contributed by atoms with Crippen molar-refractivity contribution in [3.05, 3.63) is 34.1 Å². The number of halogens is 2. The van der Waals surface area contributed by atoms with Crippen molar-refractivity contribution in [2.75, 3.05) is 7.05 Å². The highest BCUT2D eigenvalue weighted by Crippen LogP contribution is 2.33. The van der Waals surface area contributed by atoms with E-state index in [9.17, 15) is 14.4 Å². The predicted octanol–water partition coefficient (Wildman–Crippen LogP) is 3.89. The van der Waals surface area contributed by atoms with Gasteiger partial charge in [-0.2, -0.15) is 5.26 Å². The molecule has 0 radical (unpaired) electrons. The molecule has 0 atom stereocenters. The normalized spacial score (nSPS) is 17.3. The van der Waals surface area contributed by atoms with E-state index in [0.29, 0.717) is 17.3 Å². The number of amides is 1. The first kappa shape index (κ1) is 15.0. The number of benzene rings is 1. The Kier molecular flexibility index (Phi) is 4.44. The van der Waals surface area contributed by atoms with Gasteiger partial charge in [0.15, 0.2) is 0 Å². The predicted molar refractivity (Wildman–Crippen MR) is 77.6 cm³/mol. The van der Waals surface area contributed by atoms with Gasteiger partial charge in [0.25, 0.3) is 5.91 Å². The van der Waals surface area contributed by atoms with Crippen LogP contribution in [0.25, 0.3) is 0 Å². The van der Waals surface area contributed by atoms with Crippen LogP contribution in [0.2, 0.25) is 0 Å². The maximum atomic E-state index is 13.5. The molecular weight excluding hydrogens is 323 g/mol. The van der Waals surface area contributed by atoms with Crippen molar-refractivity contribution in [3.63, 3.8) is 0 Å². The van der Waals surface area contributed by atoms with E-state index in [1.807, 2.05) is 0 Å². The Hall–Kier alpha value is -1.41. The van der Waals surface area contributed by atoms with Crippen LogP contribution >= 0.6 is 15.9 Å². The van der Waals surface area contributed by atoms with E-state index in [-0.39, 0.29) is 11.5 Å². The Morgan fingerprint density at radius 3 is 2.60 bits per heavy atom. The van der Waals surface area contributed by atoms with Crippen molar-refractivity contribution in [2.24, 2.45) is 0 Å². The van der Waals surface area contributed by atoms with E-state index in [1.165, 1.54) is 17.0 Å². The number of hydrogen-bond acceptors (Lipinski definition) is 2. The zero-order valence-electron chi connectivity index (χ0n) is 11.3. The topological polar surface area (TPSA) is 44.1 Å². The lowest BCUT2D eigenvalue weighted by atomic mass is 9.81. The zero-order chi connectivity index (χ0) is 14.8. The lowest BCUT2D eigenvalue weighted by Gasteiger charge is -2.39. The van der Waals surface area contributed by atoms with Crippen molar-refractivity contribution in [1.29, 1.82) is 5.26 Å². The molecular formula is C15H16BrFN2O. The van der Waals surface area contributed by atoms with Gasteiger partial charge in [-0.15, -0.1) is 0 Å². The highest BCUT2D eigenvalue weighted by atomic mass is 79.9. The van der Waals surface area contributed by atoms with Crippen molar-refractivity contribution in [2.45, 2.75) is 37.6 Å². The van der Waals surface area contributed by atoms with Gasteiger partial charge >= 0.3 is 0 Å². The Bertz CT molecular complexity index is 561. The molecule has 1 fully saturated rings. The third kappa shape index (κ3) is 2.71. The fourth-order valence-corrected chi connectivity index (χ4v) is 2.92. The van der Waals surface area contributed by atoms with Crippen LogP contribution in [0.15, 0.2) is 22.7 Å². The molecule has 106 valence electrons. The molecule has 1 saturated carbocycles. The third-order valence-corrected chi connectivity index (χ3v) is 4.65. The average Bonchev–Trinajstić information content (AvgIpc) is 2.49. The van der Waals surface area contributed by atoms with Crippen molar-refractivity contribution < 1.29 is 9.18 Å². The molecule has 0 spiro atoms. The Balaban J connectivity index is 2.27. The first-order valence-electron chi connectivity index (χ1n) is 6.65. The van der Waals surface area contributed by atoms with Gasteiger partial charge < -0.3 is 4.90 Å². The second kappa shape index (κ2) is 5.92. The quantitative estimate of drug-likeness (QED) is 0.821. The van der Waals surface area contributed by atoms with E-state index in [0.717, 1.165) is 19.3 Å². The molecule has 20 heavy (non-hydrogen) atoms. The SMILES string of the molecule is CN(C(=O)c1ccc(Br)c(F)c1)C1(C#N)CCCCC1. The second-order valence-corrected chi connectivity index (χ2v) is 6.05. The highest BCUT2D eigenvalue weighted by molar-refractivity contribution is 9.10. The molecule has 1 aromatic rings. The van der Waals surface area contributed by atoms with Gasteiger partial charge in [0, 0.05) is 12.6 Å². The summed E-state index contributed by atoms with van der Waals surface area (Å²) in [6.45, 7) is 0. The molecule has 0 bridgehead atoms. The van der Waals surface area contributed by atoms with Gasteiger partial charge in [-0.25, -0.2) is 4.39 Å². The number of carbonyl (C=O) groups is 1. The van der Waals surface area contributed by atoms with Crippen LogP contribution < -0.4 is 0 Å². The molecule has 1 aromatic carbocycles. The van der Waals surface area contributed by atoms with Crippen LogP contribution in [0.5, 0.6) is 0 Å². The maximum absolute atomic E-state index is 13.5. The highest BCUT2D eigenvalue weighted by Gasteiger charge is 2.39. The van der Waals surface area contributed by atoms with Gasteiger partial charge in [0.05, 0.1) is 10.5 Å². The smallest absolute Gasteiger partial charge is 0.254 e. The molecule has 3 nitrogen and oxygen atoms in total. The fraction of sp³-hybridized carbons (Fsp3) is 0.467. The van der Waals surface area contributed by atoms with Gasteiger partial charge in [0.1, 0.15) is 11.4 Å². The Morgan fingerprint density at radius 1 is 1.40 bits per heavy atom. The molecule has 0 heterocycles. The van der Waals surface area contributed by atoms with Gasteiger partial charge in [0.2, 0.25) is 0 Å². The second-order valence-electron chi connectivity index (χ2n) is 5.20. The monoisotopic (exact) mass is 338 g/mol. The van der Waals surface area contributed by atoms with Crippen molar-refractivity contribution in [3.8, 4) is 6.07 Å². The standard InChI is InChI=1S/C15H16BrFN2O/c1-19(15(10-18)7-3-2-4-8-15)14(20)11-5-6-12(16)13(17)9-11/h5-6,9H,2-4,7-8H2,1H3. The van der Waals surface area contributed by atoms with Crippen LogP contribution in [0.4, 0.5) is 4.39 Å². The van der Waals surface area contributed by atoms with E-state index < -0.39 is 11.4 Å². The summed E-state index contributed by atoms with van der Waals surface area (Å²) in [7, 11) is 1.64. The van der Waals surface area contributed by atoms with E-state index >= 15 is 0 Å². The molecule has 0 N–H and O–H groups in total. The summed E-state index contributed by atoms with van der Waals surface area (Å²) in [5, 5.41) is 9.48. The summed E-state index contributed by atoms with van der Waals surface area (Å²) in [5.74, 6) is -0.779. The van der Waals surface area contributed by atoms with E-state index in [4.69, 9.17) is 0 Å². The molecule has 0 aliphatic heterocycles. The zero-order valence-corrected chi connectivity index (χ0v) is 12.9. The van der Waals surface area contributed by atoms with E-state index in [2.05, 4.69) is 22.0 Å². The fourth-order valence-electron chi connectivity index (χ4n) is 2.68. The minimum Gasteiger partial charge on any atom is -0.323 e.